The lowest BCUT2D eigenvalue weighted by Gasteiger charge is -2.35. The molecule has 1 aliphatic heterocycles. The van der Waals surface area contributed by atoms with Gasteiger partial charge in [0.2, 0.25) is 0 Å². The smallest absolute Gasteiger partial charge is 0.257 e. The van der Waals surface area contributed by atoms with E-state index in [1.807, 2.05) is 0 Å². The second kappa shape index (κ2) is 12.7. The van der Waals surface area contributed by atoms with Gasteiger partial charge in [0.15, 0.2) is 0 Å². The highest BCUT2D eigenvalue weighted by Crippen LogP contribution is 2.27. The van der Waals surface area contributed by atoms with Crippen molar-refractivity contribution in [1.82, 2.24) is 9.80 Å². The fraction of sp³-hybridized carbons (Fsp3) is 0.500. The monoisotopic (exact) mass is 497 g/mol. The van der Waals surface area contributed by atoms with Gasteiger partial charge in [-0.2, -0.15) is 0 Å². The van der Waals surface area contributed by atoms with Gasteiger partial charge in [0.1, 0.15) is 18.1 Å². The molecule has 3 atom stereocenters. The van der Waals surface area contributed by atoms with Gasteiger partial charge in [-0.1, -0.05) is 19.9 Å². The molecule has 2 amide bonds. The lowest BCUT2D eigenvalue weighted by atomic mass is 10.0. The van der Waals surface area contributed by atoms with E-state index in [1.165, 1.54) is 0 Å². The van der Waals surface area contributed by atoms with E-state index in [2.05, 4.69) is 31.0 Å². The van der Waals surface area contributed by atoms with Gasteiger partial charge in [-0.3, -0.25) is 14.5 Å². The van der Waals surface area contributed by atoms with Crippen LogP contribution in [-0.4, -0.2) is 81.3 Å². The molecule has 36 heavy (non-hydrogen) atoms. The zero-order chi connectivity index (χ0) is 26.2. The number of amides is 2. The van der Waals surface area contributed by atoms with Crippen LogP contribution in [0, 0.1) is 5.92 Å². The Hall–Kier alpha value is -3.10. The summed E-state index contributed by atoms with van der Waals surface area (Å²) in [5, 5.41) is 2.89. The molecule has 0 aliphatic carbocycles. The van der Waals surface area contributed by atoms with E-state index in [0.29, 0.717) is 41.5 Å². The molecule has 0 saturated heterocycles. The van der Waals surface area contributed by atoms with E-state index in [-0.39, 0.29) is 29.9 Å². The third-order valence-electron chi connectivity index (χ3n) is 6.67. The fourth-order valence-electron chi connectivity index (χ4n) is 4.50. The highest BCUT2D eigenvalue weighted by atomic mass is 16.5. The molecular weight excluding hydrogens is 458 g/mol. The first-order valence-corrected chi connectivity index (χ1v) is 12.5. The summed E-state index contributed by atoms with van der Waals surface area (Å²) >= 11 is 0. The van der Waals surface area contributed by atoms with E-state index < -0.39 is 0 Å². The van der Waals surface area contributed by atoms with Crippen LogP contribution in [0.4, 0.5) is 5.69 Å². The third-order valence-corrected chi connectivity index (χ3v) is 6.67. The number of fused-ring (bicyclic) bond motifs is 1. The highest BCUT2D eigenvalue weighted by Gasteiger charge is 2.28. The number of nitrogens with one attached hydrogen (secondary N) is 1. The normalized spacial score (nSPS) is 21.6. The Kier molecular flexibility index (Phi) is 9.73. The van der Waals surface area contributed by atoms with Gasteiger partial charge in [0.05, 0.1) is 18.8 Å². The first kappa shape index (κ1) is 27.5. The largest absolute Gasteiger partial charge is 0.497 e. The summed E-state index contributed by atoms with van der Waals surface area (Å²) in [5.41, 5.74) is 1.37. The molecule has 1 N–H and O–H groups in total. The van der Waals surface area contributed by atoms with Gasteiger partial charge in [-0.25, -0.2) is 0 Å². The second-order valence-corrected chi connectivity index (χ2v) is 9.49. The van der Waals surface area contributed by atoms with Gasteiger partial charge in [-0.05, 0) is 62.2 Å². The van der Waals surface area contributed by atoms with E-state index >= 15 is 0 Å². The number of methoxy groups -OCH3 is 2. The zero-order valence-electron chi connectivity index (χ0n) is 22.2. The SMILES string of the molecule is CCCN1C[C@H](C)[C@H](OC)CN(C)C(=O)c2cc(NC(=O)c3cccc(OC)c3)ccc2OC[C@H]1C. The summed E-state index contributed by atoms with van der Waals surface area (Å²) in [7, 11) is 5.02. The minimum atomic E-state index is -0.291. The predicted molar refractivity (Wildman–Crippen MR) is 141 cm³/mol. The lowest BCUT2D eigenvalue weighted by Crippen LogP contribution is -2.46. The van der Waals surface area contributed by atoms with Crippen LogP contribution in [0.2, 0.25) is 0 Å². The van der Waals surface area contributed by atoms with Crippen LogP contribution in [0.15, 0.2) is 42.5 Å². The Morgan fingerprint density at radius 3 is 2.61 bits per heavy atom. The fourth-order valence-corrected chi connectivity index (χ4v) is 4.50. The molecule has 2 aromatic rings. The molecule has 0 fully saturated rings. The summed E-state index contributed by atoms with van der Waals surface area (Å²) in [6.07, 6.45) is 0.935. The molecule has 0 saturated carbocycles. The summed E-state index contributed by atoms with van der Waals surface area (Å²) in [4.78, 5) is 30.4. The van der Waals surface area contributed by atoms with E-state index in [9.17, 15) is 9.59 Å². The van der Waals surface area contributed by atoms with Crippen molar-refractivity contribution >= 4 is 17.5 Å². The number of benzene rings is 2. The molecule has 0 unspecified atom stereocenters. The minimum absolute atomic E-state index is 0.106. The van der Waals surface area contributed by atoms with Gasteiger partial charge in [0.25, 0.3) is 11.8 Å². The third kappa shape index (κ3) is 6.77. The van der Waals surface area contributed by atoms with E-state index in [4.69, 9.17) is 14.2 Å². The van der Waals surface area contributed by atoms with Crippen molar-refractivity contribution in [2.45, 2.75) is 39.3 Å². The number of nitrogens with zero attached hydrogens (tertiary/aromatic N) is 2. The van der Waals surface area contributed by atoms with Crippen molar-refractivity contribution in [3.8, 4) is 11.5 Å². The van der Waals surface area contributed by atoms with E-state index in [0.717, 1.165) is 19.5 Å². The Bertz CT molecular complexity index is 1040. The molecule has 0 bridgehead atoms. The summed E-state index contributed by atoms with van der Waals surface area (Å²) in [6.45, 7) is 9.20. The second-order valence-electron chi connectivity index (χ2n) is 9.49. The average molecular weight is 498 g/mol. The summed E-state index contributed by atoms with van der Waals surface area (Å²) in [6, 6.07) is 12.3. The van der Waals surface area contributed by atoms with Crippen molar-refractivity contribution in [3.63, 3.8) is 0 Å². The van der Waals surface area contributed by atoms with Gasteiger partial charge < -0.3 is 24.4 Å². The van der Waals surface area contributed by atoms with Crippen LogP contribution in [0.3, 0.4) is 0 Å². The lowest BCUT2D eigenvalue weighted by molar-refractivity contribution is 0.0108. The zero-order valence-corrected chi connectivity index (χ0v) is 22.2. The molecule has 0 radical (unpaired) electrons. The maximum Gasteiger partial charge on any atom is 0.257 e. The molecule has 2 aromatic carbocycles. The number of hydrogen-bond donors (Lipinski definition) is 1. The van der Waals surface area contributed by atoms with Crippen LogP contribution >= 0.6 is 0 Å². The summed E-state index contributed by atoms with van der Waals surface area (Å²) < 4.78 is 17.2. The number of rotatable bonds is 6. The molecule has 3 rings (SSSR count). The van der Waals surface area contributed by atoms with Gasteiger partial charge in [-0.15, -0.1) is 0 Å². The Morgan fingerprint density at radius 1 is 1.14 bits per heavy atom. The topological polar surface area (TPSA) is 80.3 Å². The van der Waals surface area contributed by atoms with Crippen molar-refractivity contribution in [2.75, 3.05) is 52.8 Å². The number of carbonyl (C=O) groups is 2. The number of carbonyl (C=O) groups excluding carboxylic acids is 2. The van der Waals surface area contributed by atoms with Crippen LogP contribution in [0.1, 0.15) is 47.9 Å². The molecule has 8 nitrogen and oxygen atoms in total. The maximum absolute atomic E-state index is 13.5. The van der Waals surface area contributed by atoms with Crippen molar-refractivity contribution < 1.29 is 23.8 Å². The molecule has 8 heteroatoms. The van der Waals surface area contributed by atoms with Crippen LogP contribution in [-0.2, 0) is 4.74 Å². The predicted octanol–water partition coefficient (Wildman–Crippen LogP) is 4.16. The van der Waals surface area contributed by atoms with Crippen molar-refractivity contribution in [3.05, 3.63) is 53.6 Å². The number of likely N-dealkylation sites (N-methyl/N-ethyl adjacent to an activating group) is 1. The molecule has 0 spiro atoms. The molecular formula is C28H39N3O5. The first-order valence-electron chi connectivity index (χ1n) is 12.5. The molecule has 1 heterocycles. The standard InChI is InChI=1S/C28H39N3O5/c1-7-13-31-16-19(2)26(35-6)17-30(4)28(33)24-15-22(11-12-25(24)36-18-20(31)3)29-27(32)21-9-8-10-23(14-21)34-5/h8-12,14-15,19-20,26H,7,13,16-18H2,1-6H3,(H,29,32)/t19-,20+,26+/m0/s1. The summed E-state index contributed by atoms with van der Waals surface area (Å²) in [5.74, 6) is 0.846. The minimum Gasteiger partial charge on any atom is -0.497 e. The Morgan fingerprint density at radius 2 is 1.92 bits per heavy atom. The maximum atomic E-state index is 13.5. The number of ether oxygens (including phenoxy) is 3. The van der Waals surface area contributed by atoms with Gasteiger partial charge in [0, 0.05) is 44.5 Å². The molecule has 0 aromatic heterocycles. The van der Waals surface area contributed by atoms with Crippen molar-refractivity contribution in [2.24, 2.45) is 5.92 Å². The number of anilines is 1. The van der Waals surface area contributed by atoms with E-state index in [1.54, 1.807) is 68.6 Å². The van der Waals surface area contributed by atoms with Gasteiger partial charge >= 0.3 is 0 Å². The average Bonchev–Trinajstić information content (AvgIpc) is 2.89. The Labute approximate surface area is 214 Å². The quantitative estimate of drug-likeness (QED) is 0.646. The molecule has 196 valence electrons. The first-order chi connectivity index (χ1) is 17.3. The van der Waals surface area contributed by atoms with Crippen LogP contribution in [0.5, 0.6) is 11.5 Å². The Balaban J connectivity index is 1.91. The van der Waals surface area contributed by atoms with Crippen LogP contribution < -0.4 is 14.8 Å². The number of hydrogen-bond acceptors (Lipinski definition) is 6. The highest BCUT2D eigenvalue weighted by molar-refractivity contribution is 6.05. The molecule has 1 aliphatic rings. The van der Waals surface area contributed by atoms with Crippen LogP contribution in [0.25, 0.3) is 0 Å². The van der Waals surface area contributed by atoms with Crippen molar-refractivity contribution in [1.29, 1.82) is 0 Å².